The fourth-order valence-corrected chi connectivity index (χ4v) is 6.62. The first kappa shape index (κ1) is 25.2. The number of carbonyl (C=O) groups excluding carboxylic acids is 1. The number of alkyl halides is 3. The van der Waals surface area contributed by atoms with Crippen LogP contribution in [0.15, 0.2) is 48.5 Å². The van der Waals surface area contributed by atoms with Crippen LogP contribution >= 0.6 is 0 Å². The molecule has 3 aliphatic rings. The molecule has 2 aromatic carbocycles. The molecule has 1 aliphatic carbocycles. The zero-order valence-corrected chi connectivity index (χ0v) is 20.1. The molecule has 1 unspecified atom stereocenters. The molecule has 1 saturated carbocycles. The third-order valence-corrected chi connectivity index (χ3v) is 8.65. The molecular formula is C25H26F4N2O4S. The molecule has 0 aromatic heterocycles. The molecule has 1 N–H and O–H groups in total. The fraction of sp³-hybridized carbons (Fsp3) is 0.480. The van der Waals surface area contributed by atoms with E-state index < -0.39 is 51.4 Å². The van der Waals surface area contributed by atoms with E-state index in [9.17, 15) is 26.4 Å². The molecule has 6 nitrogen and oxygen atoms in total. The lowest BCUT2D eigenvalue weighted by molar-refractivity contribution is -0.157. The summed E-state index contributed by atoms with van der Waals surface area (Å²) >= 11 is 0. The summed E-state index contributed by atoms with van der Waals surface area (Å²) in [5.41, 5.74) is 0.587. The number of halogens is 4. The molecule has 3 fully saturated rings. The summed E-state index contributed by atoms with van der Waals surface area (Å²) in [5.74, 6) is -2.86. The van der Waals surface area contributed by atoms with Crippen molar-refractivity contribution in [3.05, 3.63) is 59.9 Å². The van der Waals surface area contributed by atoms with Crippen molar-refractivity contribution in [1.29, 1.82) is 0 Å². The monoisotopic (exact) mass is 526 g/mol. The molecule has 0 bridgehead atoms. The summed E-state index contributed by atoms with van der Waals surface area (Å²) in [6, 6.07) is 11.9. The predicted molar refractivity (Wildman–Crippen MR) is 124 cm³/mol. The SMILES string of the molecule is O=C(C1CCO1)N1CC2(CC2)[C@H](NS(=O)(=O)CC(F)(F)F)[C@@H]1Cc1cccc(-c2ccccc2)c1F. The minimum Gasteiger partial charge on any atom is -0.368 e. The molecule has 11 heteroatoms. The standard InChI is InChI=1S/C25H26F4N2O4S/c26-21-17(7-4-8-18(21)16-5-2-1-3-6-16)13-19-22(30-36(33,34)15-25(27,28)29)24(10-11-24)14-31(19)23(32)20-9-12-35-20/h1-8,19-20,22,30H,9-15H2/t19-,20?,22+/m0/s1. The number of rotatable bonds is 7. The van der Waals surface area contributed by atoms with Crippen molar-refractivity contribution < 1.29 is 35.5 Å². The number of ether oxygens (including phenoxy) is 1. The minimum atomic E-state index is -4.91. The Balaban J connectivity index is 1.49. The normalized spacial score (nSPS) is 25.1. The zero-order valence-electron chi connectivity index (χ0n) is 19.3. The molecule has 2 aromatic rings. The maximum absolute atomic E-state index is 15.7. The van der Waals surface area contributed by atoms with Crippen LogP contribution in [0.1, 0.15) is 24.8 Å². The Labute approximate surface area is 206 Å². The summed E-state index contributed by atoms with van der Waals surface area (Å²) in [6.45, 7) is 0.616. The maximum Gasteiger partial charge on any atom is 0.404 e. The summed E-state index contributed by atoms with van der Waals surface area (Å²) in [5, 5.41) is 0. The van der Waals surface area contributed by atoms with Gasteiger partial charge in [0.25, 0.3) is 5.91 Å². The van der Waals surface area contributed by atoms with Crippen molar-refractivity contribution in [2.75, 3.05) is 18.9 Å². The third-order valence-electron chi connectivity index (χ3n) is 7.33. The Kier molecular flexibility index (Phi) is 6.37. The molecule has 2 aliphatic heterocycles. The molecule has 1 spiro atoms. The van der Waals surface area contributed by atoms with Crippen molar-refractivity contribution in [3.63, 3.8) is 0 Å². The Morgan fingerprint density at radius 1 is 1.11 bits per heavy atom. The largest absolute Gasteiger partial charge is 0.404 e. The van der Waals surface area contributed by atoms with Gasteiger partial charge in [-0.1, -0.05) is 48.5 Å². The number of nitrogens with one attached hydrogen (secondary N) is 1. The Morgan fingerprint density at radius 2 is 1.81 bits per heavy atom. The van der Waals surface area contributed by atoms with Crippen LogP contribution in [0.5, 0.6) is 0 Å². The lowest BCUT2D eigenvalue weighted by Crippen LogP contribution is -2.53. The van der Waals surface area contributed by atoms with Gasteiger partial charge in [-0.15, -0.1) is 0 Å². The highest BCUT2D eigenvalue weighted by Crippen LogP contribution is 2.56. The van der Waals surface area contributed by atoms with E-state index in [-0.39, 0.29) is 24.4 Å². The molecule has 1 amide bonds. The predicted octanol–water partition coefficient (Wildman–Crippen LogP) is 3.67. The van der Waals surface area contributed by atoms with E-state index in [0.29, 0.717) is 37.0 Å². The zero-order chi connectivity index (χ0) is 25.7. The maximum atomic E-state index is 15.7. The Morgan fingerprint density at radius 3 is 2.39 bits per heavy atom. The van der Waals surface area contributed by atoms with E-state index in [4.69, 9.17) is 4.74 Å². The Hall–Kier alpha value is -2.50. The van der Waals surface area contributed by atoms with Crippen molar-refractivity contribution in [1.82, 2.24) is 9.62 Å². The van der Waals surface area contributed by atoms with Crippen LogP contribution in [-0.4, -0.2) is 62.5 Å². The van der Waals surface area contributed by atoms with Gasteiger partial charge in [0.1, 0.15) is 11.9 Å². The van der Waals surface area contributed by atoms with E-state index in [1.807, 2.05) is 6.07 Å². The molecule has 194 valence electrons. The summed E-state index contributed by atoms with van der Waals surface area (Å²) in [6.07, 6.45) is -4.00. The lowest BCUT2D eigenvalue weighted by Gasteiger charge is -2.34. The van der Waals surface area contributed by atoms with Gasteiger partial charge in [0.05, 0.1) is 12.6 Å². The van der Waals surface area contributed by atoms with Gasteiger partial charge in [-0.3, -0.25) is 4.79 Å². The number of sulfonamides is 1. The highest BCUT2D eigenvalue weighted by atomic mass is 32.2. The van der Waals surface area contributed by atoms with Crippen LogP contribution in [-0.2, 0) is 26.0 Å². The van der Waals surface area contributed by atoms with E-state index in [2.05, 4.69) is 4.72 Å². The van der Waals surface area contributed by atoms with Crippen LogP contribution in [0.3, 0.4) is 0 Å². The van der Waals surface area contributed by atoms with Gasteiger partial charge in [-0.2, -0.15) is 13.2 Å². The van der Waals surface area contributed by atoms with Gasteiger partial charge in [0.15, 0.2) is 5.75 Å². The number of carbonyl (C=O) groups is 1. The smallest absolute Gasteiger partial charge is 0.368 e. The number of likely N-dealkylation sites (tertiary alicyclic amines) is 1. The third kappa shape index (κ3) is 5.01. The first-order valence-corrected chi connectivity index (χ1v) is 13.4. The van der Waals surface area contributed by atoms with Crippen LogP contribution in [0.2, 0.25) is 0 Å². The molecule has 36 heavy (non-hydrogen) atoms. The molecular weight excluding hydrogens is 500 g/mol. The number of hydrogen-bond donors (Lipinski definition) is 1. The average Bonchev–Trinajstić information content (AvgIpc) is 3.48. The van der Waals surface area contributed by atoms with Crippen molar-refractivity contribution in [2.24, 2.45) is 5.41 Å². The van der Waals surface area contributed by atoms with Crippen LogP contribution in [0, 0.1) is 11.2 Å². The number of benzene rings is 2. The minimum absolute atomic E-state index is 0.0497. The second kappa shape index (κ2) is 9.11. The van der Waals surface area contributed by atoms with Crippen molar-refractivity contribution >= 4 is 15.9 Å². The average molecular weight is 527 g/mol. The van der Waals surface area contributed by atoms with E-state index in [0.717, 1.165) is 0 Å². The van der Waals surface area contributed by atoms with Gasteiger partial charge in [0, 0.05) is 30.0 Å². The van der Waals surface area contributed by atoms with E-state index in [1.54, 1.807) is 42.5 Å². The summed E-state index contributed by atoms with van der Waals surface area (Å²) in [7, 11) is -4.74. The lowest BCUT2D eigenvalue weighted by atomic mass is 9.91. The Bertz CT molecular complexity index is 1240. The molecule has 2 heterocycles. The van der Waals surface area contributed by atoms with Gasteiger partial charge in [-0.05, 0) is 30.4 Å². The van der Waals surface area contributed by atoms with Crippen molar-refractivity contribution in [3.8, 4) is 11.1 Å². The number of hydrogen-bond acceptors (Lipinski definition) is 4. The first-order valence-electron chi connectivity index (χ1n) is 11.8. The summed E-state index contributed by atoms with van der Waals surface area (Å²) in [4.78, 5) is 14.7. The first-order chi connectivity index (χ1) is 17.0. The van der Waals surface area contributed by atoms with Crippen LogP contribution < -0.4 is 4.72 Å². The number of amides is 1. The highest BCUT2D eigenvalue weighted by molar-refractivity contribution is 7.89. The highest BCUT2D eigenvalue weighted by Gasteiger charge is 2.62. The van der Waals surface area contributed by atoms with Crippen molar-refractivity contribution in [2.45, 2.75) is 50.0 Å². The molecule has 0 radical (unpaired) electrons. The second-order valence-electron chi connectivity index (χ2n) is 9.86. The van der Waals surface area contributed by atoms with Gasteiger partial charge in [-0.25, -0.2) is 17.5 Å². The second-order valence-corrected chi connectivity index (χ2v) is 11.6. The van der Waals surface area contributed by atoms with E-state index in [1.165, 1.54) is 4.90 Å². The quantitative estimate of drug-likeness (QED) is 0.559. The number of nitrogens with zero attached hydrogens (tertiary/aromatic N) is 1. The molecule has 2 saturated heterocycles. The van der Waals surface area contributed by atoms with Gasteiger partial charge < -0.3 is 9.64 Å². The molecule has 5 rings (SSSR count). The van der Waals surface area contributed by atoms with Gasteiger partial charge >= 0.3 is 6.18 Å². The fourth-order valence-electron chi connectivity index (χ4n) is 5.31. The summed E-state index contributed by atoms with van der Waals surface area (Å²) < 4.78 is 87.0. The van der Waals surface area contributed by atoms with Crippen LogP contribution in [0.4, 0.5) is 17.6 Å². The topological polar surface area (TPSA) is 75.7 Å². The van der Waals surface area contributed by atoms with E-state index >= 15 is 4.39 Å². The van der Waals surface area contributed by atoms with Gasteiger partial charge in [0.2, 0.25) is 10.0 Å². The molecule has 3 atom stereocenters. The van der Waals surface area contributed by atoms with Crippen LogP contribution in [0.25, 0.3) is 11.1 Å².